The Kier molecular flexibility index (Phi) is 6.43. The third kappa shape index (κ3) is 5.21. The van der Waals surface area contributed by atoms with Crippen LogP contribution in [0.4, 0.5) is 5.82 Å². The second kappa shape index (κ2) is 9.60. The van der Waals surface area contributed by atoms with Gasteiger partial charge in [-0.3, -0.25) is 9.48 Å². The number of carbonyl (C=O) groups is 1. The van der Waals surface area contributed by atoms with Crippen molar-refractivity contribution in [2.75, 3.05) is 18.1 Å². The van der Waals surface area contributed by atoms with Crippen LogP contribution < -0.4 is 14.4 Å². The van der Waals surface area contributed by atoms with Crippen LogP contribution in [0.3, 0.4) is 0 Å². The Morgan fingerprint density at radius 1 is 1.15 bits per heavy atom. The Morgan fingerprint density at radius 2 is 1.95 bits per heavy atom. The summed E-state index contributed by atoms with van der Waals surface area (Å²) in [6.45, 7) is 10.1. The van der Waals surface area contributed by atoms with E-state index in [9.17, 15) is 13.2 Å². The Balaban J connectivity index is 1.35. The molecule has 11 nitrogen and oxygen atoms in total. The van der Waals surface area contributed by atoms with Crippen LogP contribution in [-0.2, 0) is 16.6 Å². The molecule has 1 aliphatic carbocycles. The van der Waals surface area contributed by atoms with Gasteiger partial charge in [0.15, 0.2) is 5.82 Å². The first kappa shape index (κ1) is 26.8. The zero-order valence-corrected chi connectivity index (χ0v) is 24.4. The van der Waals surface area contributed by atoms with Gasteiger partial charge in [0.25, 0.3) is 15.9 Å². The number of fused-ring (bicyclic) bond motifs is 6. The first-order chi connectivity index (χ1) is 18.9. The van der Waals surface area contributed by atoms with E-state index < -0.39 is 15.9 Å². The van der Waals surface area contributed by atoms with Crippen molar-refractivity contribution in [3.63, 3.8) is 0 Å². The number of amides is 1. The van der Waals surface area contributed by atoms with E-state index in [4.69, 9.17) is 9.72 Å². The van der Waals surface area contributed by atoms with Gasteiger partial charge in [0.2, 0.25) is 5.88 Å². The zero-order chi connectivity index (χ0) is 28.3. The molecule has 2 fully saturated rings. The number of rotatable bonds is 5. The molecule has 1 saturated carbocycles. The minimum atomic E-state index is -4.13. The number of pyridine rings is 1. The van der Waals surface area contributed by atoms with E-state index in [1.807, 2.05) is 0 Å². The SMILES string of the molecule is Cc1nn2cc1S(=O)(=O)NC(=O)c1ccc(-n3ccc(OCCC4(C)CC4)n3)nc1N1CC(CCC2)CC1(C)C. The monoisotopic (exact) mass is 567 g/mol. The number of sulfonamides is 1. The molecule has 3 aromatic rings. The third-order valence-corrected chi connectivity index (χ3v) is 10.0. The summed E-state index contributed by atoms with van der Waals surface area (Å²) in [4.78, 5) is 20.6. The maximum atomic E-state index is 13.5. The Labute approximate surface area is 235 Å². The predicted molar refractivity (Wildman–Crippen MR) is 149 cm³/mol. The van der Waals surface area contributed by atoms with Gasteiger partial charge in [0, 0.05) is 37.1 Å². The fourth-order valence-corrected chi connectivity index (χ4v) is 7.09. The third-order valence-electron chi connectivity index (χ3n) is 8.60. The fraction of sp³-hybridized carbons (Fsp3) is 0.571. The van der Waals surface area contributed by atoms with Crippen molar-refractivity contribution in [1.29, 1.82) is 0 Å². The summed E-state index contributed by atoms with van der Waals surface area (Å²) >= 11 is 0. The van der Waals surface area contributed by atoms with Gasteiger partial charge in [-0.15, -0.1) is 5.10 Å². The molecule has 40 heavy (non-hydrogen) atoms. The maximum Gasteiger partial charge on any atom is 0.268 e. The van der Waals surface area contributed by atoms with Gasteiger partial charge >= 0.3 is 0 Å². The van der Waals surface area contributed by atoms with E-state index in [0.29, 0.717) is 54.2 Å². The first-order valence-electron chi connectivity index (χ1n) is 14.0. The average molecular weight is 568 g/mol. The number of anilines is 1. The van der Waals surface area contributed by atoms with Crippen LogP contribution in [-0.4, -0.2) is 57.6 Å². The molecule has 5 heterocycles. The number of aromatic nitrogens is 5. The number of hydrogen-bond donors (Lipinski definition) is 1. The van der Waals surface area contributed by atoms with Crippen molar-refractivity contribution in [1.82, 2.24) is 29.3 Å². The highest BCUT2D eigenvalue weighted by molar-refractivity contribution is 7.90. The lowest BCUT2D eigenvalue weighted by atomic mass is 9.93. The van der Waals surface area contributed by atoms with Crippen molar-refractivity contribution in [3.05, 3.63) is 41.9 Å². The van der Waals surface area contributed by atoms with Gasteiger partial charge < -0.3 is 9.64 Å². The Morgan fingerprint density at radius 3 is 2.73 bits per heavy atom. The molecule has 214 valence electrons. The van der Waals surface area contributed by atoms with E-state index in [1.54, 1.807) is 40.7 Å². The highest BCUT2D eigenvalue weighted by Gasteiger charge is 2.41. The molecule has 3 aromatic heterocycles. The van der Waals surface area contributed by atoms with Crippen molar-refractivity contribution in [3.8, 4) is 11.7 Å². The topological polar surface area (TPSA) is 124 Å². The smallest absolute Gasteiger partial charge is 0.268 e. The van der Waals surface area contributed by atoms with Crippen LogP contribution in [0.25, 0.3) is 5.82 Å². The van der Waals surface area contributed by atoms with Crippen molar-refractivity contribution >= 4 is 21.7 Å². The second-order valence-corrected chi connectivity index (χ2v) is 14.1. The molecule has 0 radical (unpaired) electrons. The number of hydrogen-bond acceptors (Lipinski definition) is 8. The van der Waals surface area contributed by atoms with Crippen molar-refractivity contribution in [2.45, 2.75) is 83.2 Å². The lowest BCUT2D eigenvalue weighted by molar-refractivity contribution is 0.0981. The molecule has 1 unspecified atom stereocenters. The minimum absolute atomic E-state index is 0.00685. The number of nitrogens with zero attached hydrogens (tertiary/aromatic N) is 6. The van der Waals surface area contributed by atoms with Gasteiger partial charge in [-0.05, 0) is 82.8 Å². The Hall–Kier alpha value is -3.41. The molecule has 4 bridgehead atoms. The van der Waals surface area contributed by atoms with Gasteiger partial charge in [-0.2, -0.15) is 5.10 Å². The summed E-state index contributed by atoms with van der Waals surface area (Å²) in [5, 5.41) is 8.94. The van der Waals surface area contributed by atoms with E-state index in [0.717, 1.165) is 25.7 Å². The van der Waals surface area contributed by atoms with Gasteiger partial charge in [0.05, 0.1) is 17.9 Å². The molecule has 2 aliphatic heterocycles. The Bertz CT molecular complexity index is 1550. The summed E-state index contributed by atoms with van der Waals surface area (Å²) < 4.78 is 37.9. The van der Waals surface area contributed by atoms with E-state index in [1.165, 1.54) is 19.0 Å². The number of carbonyl (C=O) groups excluding carboxylic acids is 1. The number of nitrogens with one attached hydrogen (secondary N) is 1. The summed E-state index contributed by atoms with van der Waals surface area (Å²) in [6, 6.07) is 5.12. The molecule has 3 aliphatic rings. The average Bonchev–Trinajstić information content (AvgIpc) is 3.20. The van der Waals surface area contributed by atoms with Gasteiger partial charge in [-0.1, -0.05) is 6.92 Å². The standard InChI is InChI=1S/C28H37N7O4S/c1-19-22-18-33(30-19)13-5-6-20-16-27(2,3)34(17-20)25-21(26(36)32-40(22,37)38)7-8-23(29-25)35-14-9-24(31-35)39-15-12-28(4)10-11-28/h7-9,14,18,20H,5-6,10-13,15-17H2,1-4H3,(H,32,36). The van der Waals surface area contributed by atoms with Gasteiger partial charge in [0.1, 0.15) is 10.7 Å². The molecule has 12 heteroatoms. The van der Waals surface area contributed by atoms with Crippen molar-refractivity contribution < 1.29 is 17.9 Å². The highest BCUT2D eigenvalue weighted by Crippen LogP contribution is 2.48. The summed E-state index contributed by atoms with van der Waals surface area (Å²) in [5.41, 5.74) is 0.681. The second-order valence-electron chi connectivity index (χ2n) is 12.5. The summed E-state index contributed by atoms with van der Waals surface area (Å²) in [5.74, 6) is 1.16. The van der Waals surface area contributed by atoms with E-state index in [2.05, 4.69) is 40.6 Å². The summed E-state index contributed by atoms with van der Waals surface area (Å²) in [7, 11) is -4.13. The fourth-order valence-electron chi connectivity index (χ4n) is 5.93. The molecule has 0 aromatic carbocycles. The van der Waals surface area contributed by atoms with Crippen LogP contribution in [0.2, 0.25) is 0 Å². The highest BCUT2D eigenvalue weighted by atomic mass is 32.2. The molecule has 6 rings (SSSR count). The zero-order valence-electron chi connectivity index (χ0n) is 23.6. The molecule has 1 amide bonds. The maximum absolute atomic E-state index is 13.5. The summed E-state index contributed by atoms with van der Waals surface area (Å²) in [6.07, 6.45) is 9.55. The molecule has 1 saturated heterocycles. The lowest BCUT2D eigenvalue weighted by Gasteiger charge is -2.34. The van der Waals surface area contributed by atoms with Crippen LogP contribution in [0.1, 0.15) is 75.3 Å². The lowest BCUT2D eigenvalue weighted by Crippen LogP contribution is -2.41. The van der Waals surface area contributed by atoms with Crippen molar-refractivity contribution in [2.24, 2.45) is 11.3 Å². The van der Waals surface area contributed by atoms with Crippen LogP contribution in [0, 0.1) is 18.3 Å². The quantitative estimate of drug-likeness (QED) is 0.493. The molecular formula is C28H37N7O4S. The molecule has 0 spiro atoms. The molecule has 1 atom stereocenters. The first-order valence-corrected chi connectivity index (χ1v) is 15.5. The number of ether oxygens (including phenoxy) is 1. The predicted octanol–water partition coefficient (Wildman–Crippen LogP) is 3.86. The van der Waals surface area contributed by atoms with E-state index in [-0.39, 0.29) is 16.0 Å². The molecular weight excluding hydrogens is 530 g/mol. The van der Waals surface area contributed by atoms with Crippen LogP contribution >= 0.6 is 0 Å². The number of aryl methyl sites for hydroxylation is 2. The van der Waals surface area contributed by atoms with Crippen LogP contribution in [0.15, 0.2) is 35.5 Å². The van der Waals surface area contributed by atoms with Gasteiger partial charge in [-0.25, -0.2) is 22.8 Å². The van der Waals surface area contributed by atoms with Crippen LogP contribution in [0.5, 0.6) is 5.88 Å². The minimum Gasteiger partial charge on any atom is -0.477 e. The largest absolute Gasteiger partial charge is 0.477 e. The normalized spacial score (nSPS) is 22.8. The molecule has 1 N–H and O–H groups in total. The van der Waals surface area contributed by atoms with E-state index >= 15 is 0 Å².